The van der Waals surface area contributed by atoms with Crippen molar-refractivity contribution in [2.45, 2.75) is 64.0 Å². The first-order valence-electron chi connectivity index (χ1n) is 10.5. The van der Waals surface area contributed by atoms with Gasteiger partial charge in [-0.2, -0.15) is 0 Å². The zero-order chi connectivity index (χ0) is 20.1. The van der Waals surface area contributed by atoms with Crippen molar-refractivity contribution >= 4 is 20.4 Å². The lowest BCUT2D eigenvalue weighted by atomic mass is 9.74. The van der Waals surface area contributed by atoms with Gasteiger partial charge in [0.15, 0.2) is 0 Å². The molecule has 0 N–H and O–H groups in total. The number of benzene rings is 2. The first kappa shape index (κ1) is 21.1. The van der Waals surface area contributed by atoms with E-state index in [0.29, 0.717) is 5.54 Å². The van der Waals surface area contributed by atoms with Gasteiger partial charge in [0, 0.05) is 12.2 Å². The van der Waals surface area contributed by atoms with Crippen LogP contribution in [0.15, 0.2) is 72.7 Å². The van der Waals surface area contributed by atoms with Gasteiger partial charge < -0.3 is 9.31 Å². The van der Waals surface area contributed by atoms with Gasteiger partial charge in [-0.3, -0.25) is 0 Å². The Labute approximate surface area is 172 Å². The summed E-state index contributed by atoms with van der Waals surface area (Å²) in [6, 6.07) is 21.7. The van der Waals surface area contributed by atoms with E-state index in [1.165, 1.54) is 10.8 Å². The van der Waals surface area contributed by atoms with Crippen molar-refractivity contribution in [2.24, 2.45) is 0 Å². The lowest BCUT2D eigenvalue weighted by Crippen LogP contribution is -2.50. The Morgan fingerprint density at radius 2 is 1.54 bits per heavy atom. The van der Waals surface area contributed by atoms with E-state index in [9.17, 15) is 0 Å². The van der Waals surface area contributed by atoms with E-state index in [4.69, 9.17) is 9.31 Å². The standard InChI is InChI=1S/C24H33BO2Si/c1-19-18-20(2)27-25(26-19)21(3)24(17-16-22-12-8-6-9-13-22)28(4,5)23-14-10-7-11-15-23/h6-15,19-20,24H,3,16-18H2,1-2,4-5H3/t19-,20-,24?/m1/s1. The molecule has 4 heteroatoms. The molecule has 0 amide bonds. The molecule has 0 aromatic heterocycles. The molecule has 2 aromatic rings. The summed E-state index contributed by atoms with van der Waals surface area (Å²) in [5, 5.41) is 1.46. The van der Waals surface area contributed by atoms with Crippen LogP contribution in [0.2, 0.25) is 18.6 Å². The monoisotopic (exact) mass is 392 g/mol. The SMILES string of the molecule is C=C(B1O[C@H](C)C[C@@H](C)O1)C(CCc1ccccc1)[Si](C)(C)c1ccccc1. The molecule has 2 aromatic carbocycles. The van der Waals surface area contributed by atoms with Crippen molar-refractivity contribution in [2.75, 3.05) is 0 Å². The van der Waals surface area contributed by atoms with Crippen molar-refractivity contribution in [3.8, 4) is 0 Å². The van der Waals surface area contributed by atoms with Crippen LogP contribution in [0.25, 0.3) is 0 Å². The Kier molecular flexibility index (Phi) is 6.97. The number of hydrogen-bond donors (Lipinski definition) is 0. The molecule has 28 heavy (non-hydrogen) atoms. The van der Waals surface area contributed by atoms with Gasteiger partial charge in [-0.15, -0.1) is 6.58 Å². The summed E-state index contributed by atoms with van der Waals surface area (Å²) in [7, 11) is -2.11. The van der Waals surface area contributed by atoms with Crippen LogP contribution in [0.5, 0.6) is 0 Å². The zero-order valence-corrected chi connectivity index (χ0v) is 18.7. The van der Waals surface area contributed by atoms with Gasteiger partial charge in [0.05, 0.1) is 8.07 Å². The van der Waals surface area contributed by atoms with Crippen molar-refractivity contribution in [1.29, 1.82) is 0 Å². The Hall–Kier alpha value is -1.62. The Balaban J connectivity index is 1.86. The fraction of sp³-hybridized carbons (Fsp3) is 0.417. The van der Waals surface area contributed by atoms with Crippen LogP contribution < -0.4 is 5.19 Å². The van der Waals surface area contributed by atoms with Crippen molar-refractivity contribution in [3.05, 3.63) is 78.3 Å². The molecular weight excluding hydrogens is 359 g/mol. The van der Waals surface area contributed by atoms with Crippen LogP contribution in [-0.4, -0.2) is 27.4 Å². The average molecular weight is 392 g/mol. The average Bonchev–Trinajstić information content (AvgIpc) is 2.68. The van der Waals surface area contributed by atoms with E-state index < -0.39 is 8.07 Å². The van der Waals surface area contributed by atoms with E-state index in [1.807, 2.05) is 0 Å². The molecule has 0 bridgehead atoms. The van der Waals surface area contributed by atoms with Gasteiger partial charge in [-0.05, 0) is 49.7 Å². The third-order valence-electron chi connectivity index (χ3n) is 6.08. The molecule has 3 atom stereocenters. The molecule has 1 fully saturated rings. The third kappa shape index (κ3) is 5.05. The van der Waals surface area contributed by atoms with Crippen LogP contribution in [0.4, 0.5) is 0 Å². The van der Waals surface area contributed by atoms with E-state index in [0.717, 1.165) is 24.7 Å². The van der Waals surface area contributed by atoms with Crippen molar-refractivity contribution in [1.82, 2.24) is 0 Å². The molecule has 0 saturated carbocycles. The predicted octanol–water partition coefficient (Wildman–Crippen LogP) is 5.40. The Morgan fingerprint density at radius 3 is 2.11 bits per heavy atom. The number of aryl methyl sites for hydroxylation is 1. The molecule has 0 radical (unpaired) electrons. The molecule has 1 heterocycles. The molecule has 1 saturated heterocycles. The van der Waals surface area contributed by atoms with Crippen molar-refractivity contribution in [3.63, 3.8) is 0 Å². The van der Waals surface area contributed by atoms with E-state index in [-0.39, 0.29) is 19.3 Å². The summed E-state index contributed by atoms with van der Waals surface area (Å²) >= 11 is 0. The molecule has 2 nitrogen and oxygen atoms in total. The summed E-state index contributed by atoms with van der Waals surface area (Å²) in [5.74, 6) is 0. The molecule has 0 aliphatic carbocycles. The topological polar surface area (TPSA) is 18.5 Å². The summed E-state index contributed by atoms with van der Waals surface area (Å²) in [6.07, 6.45) is 3.48. The van der Waals surface area contributed by atoms with E-state index in [1.54, 1.807) is 0 Å². The minimum Gasteiger partial charge on any atom is -0.405 e. The molecule has 148 valence electrons. The van der Waals surface area contributed by atoms with E-state index in [2.05, 4.69) is 94.2 Å². The molecule has 3 rings (SSSR count). The fourth-order valence-corrected chi connectivity index (χ4v) is 7.79. The van der Waals surface area contributed by atoms with Gasteiger partial charge in [0.25, 0.3) is 0 Å². The van der Waals surface area contributed by atoms with Gasteiger partial charge in [0.2, 0.25) is 0 Å². The number of allylic oxidation sites excluding steroid dienone is 1. The molecule has 1 aliphatic rings. The number of rotatable bonds is 7. The number of hydrogen-bond acceptors (Lipinski definition) is 2. The normalized spacial score (nSPS) is 21.4. The minimum absolute atomic E-state index is 0.210. The second kappa shape index (κ2) is 9.25. The summed E-state index contributed by atoms with van der Waals surface area (Å²) in [5.41, 5.74) is 2.89. The fourth-order valence-electron chi connectivity index (χ4n) is 4.41. The van der Waals surface area contributed by atoms with E-state index >= 15 is 0 Å². The minimum atomic E-state index is -1.81. The molecular formula is C24H33BO2Si. The quantitative estimate of drug-likeness (QED) is 0.587. The summed E-state index contributed by atoms with van der Waals surface area (Å²) < 4.78 is 12.4. The van der Waals surface area contributed by atoms with Gasteiger partial charge in [-0.25, -0.2) is 0 Å². The lowest BCUT2D eigenvalue weighted by Gasteiger charge is -2.39. The summed E-state index contributed by atoms with van der Waals surface area (Å²) in [6.45, 7) is 13.7. The van der Waals surface area contributed by atoms with Crippen LogP contribution in [0.3, 0.4) is 0 Å². The highest BCUT2D eigenvalue weighted by Crippen LogP contribution is 2.37. The highest BCUT2D eigenvalue weighted by Gasteiger charge is 2.42. The van der Waals surface area contributed by atoms with Gasteiger partial charge >= 0.3 is 7.12 Å². The van der Waals surface area contributed by atoms with Crippen LogP contribution in [0, 0.1) is 0 Å². The third-order valence-corrected chi connectivity index (χ3v) is 10.3. The summed E-state index contributed by atoms with van der Waals surface area (Å²) in [4.78, 5) is 0. The molecule has 1 unspecified atom stereocenters. The largest absolute Gasteiger partial charge is 0.489 e. The Morgan fingerprint density at radius 1 is 1.00 bits per heavy atom. The Bertz CT molecular complexity index is 753. The second-order valence-electron chi connectivity index (χ2n) is 8.70. The van der Waals surface area contributed by atoms with Gasteiger partial charge in [-0.1, -0.05) is 78.9 Å². The van der Waals surface area contributed by atoms with Gasteiger partial charge in [0.1, 0.15) is 0 Å². The van der Waals surface area contributed by atoms with Crippen molar-refractivity contribution < 1.29 is 9.31 Å². The highest BCUT2D eigenvalue weighted by atomic mass is 28.3. The second-order valence-corrected chi connectivity index (χ2v) is 13.4. The highest BCUT2D eigenvalue weighted by molar-refractivity contribution is 6.92. The maximum atomic E-state index is 6.18. The maximum Gasteiger partial charge on any atom is 0.489 e. The predicted molar refractivity (Wildman–Crippen MR) is 123 cm³/mol. The van der Waals surface area contributed by atoms with Crippen LogP contribution in [0.1, 0.15) is 32.3 Å². The first-order chi connectivity index (χ1) is 13.4. The first-order valence-corrected chi connectivity index (χ1v) is 13.5. The maximum absolute atomic E-state index is 6.18. The van der Waals surface area contributed by atoms with Crippen LogP contribution >= 0.6 is 0 Å². The van der Waals surface area contributed by atoms with Crippen LogP contribution in [-0.2, 0) is 15.7 Å². The molecule has 1 aliphatic heterocycles. The zero-order valence-electron chi connectivity index (χ0n) is 17.7. The smallest absolute Gasteiger partial charge is 0.405 e. The molecule has 0 spiro atoms. The lowest BCUT2D eigenvalue weighted by molar-refractivity contribution is 0.0374.